The first-order valence-electron chi connectivity index (χ1n) is 8.86. The van der Waals surface area contributed by atoms with E-state index in [1.165, 1.54) is 0 Å². The van der Waals surface area contributed by atoms with E-state index < -0.39 is 0 Å². The second kappa shape index (κ2) is 8.17. The normalized spacial score (nSPS) is 17.6. The molecule has 2 aromatic rings. The molecule has 1 fully saturated rings. The van der Waals surface area contributed by atoms with Crippen LogP contribution < -0.4 is 4.74 Å². The highest BCUT2D eigenvalue weighted by Gasteiger charge is 2.25. The Morgan fingerprint density at radius 3 is 2.52 bits per heavy atom. The van der Waals surface area contributed by atoms with Gasteiger partial charge in [-0.1, -0.05) is 30.3 Å². The molecule has 2 aromatic carbocycles. The molecule has 1 aliphatic rings. The van der Waals surface area contributed by atoms with Gasteiger partial charge in [-0.15, -0.1) is 0 Å². The summed E-state index contributed by atoms with van der Waals surface area (Å²) in [6.45, 7) is 2.16. The lowest BCUT2D eigenvalue weighted by Crippen LogP contribution is -2.47. The number of likely N-dealkylation sites (tertiary alicyclic amines) is 1. The molecule has 0 bridgehead atoms. The van der Waals surface area contributed by atoms with Crippen molar-refractivity contribution in [2.75, 3.05) is 27.2 Å². The van der Waals surface area contributed by atoms with Crippen LogP contribution in [-0.4, -0.2) is 48.9 Å². The summed E-state index contributed by atoms with van der Waals surface area (Å²) in [7, 11) is 4.17. The number of ether oxygens (including phenoxy) is 1. The summed E-state index contributed by atoms with van der Waals surface area (Å²) in [6, 6.07) is 18.0. The molecule has 1 aliphatic heterocycles. The van der Waals surface area contributed by atoms with Gasteiger partial charge in [0.05, 0.1) is 0 Å². The van der Waals surface area contributed by atoms with Gasteiger partial charge in [-0.2, -0.15) is 0 Å². The van der Waals surface area contributed by atoms with Crippen LogP contribution in [0.3, 0.4) is 0 Å². The molecule has 1 heterocycles. The molecule has 0 spiro atoms. The van der Waals surface area contributed by atoms with Gasteiger partial charge in [0.1, 0.15) is 12.4 Å². The molecule has 4 nitrogen and oxygen atoms in total. The third kappa shape index (κ3) is 4.60. The van der Waals surface area contributed by atoms with Crippen LogP contribution >= 0.6 is 0 Å². The SMILES string of the molecule is CN(C)[C@@H]1CCCN(C(=O)c2ccc(COc3ccccc3)cc2)C1. The summed E-state index contributed by atoms with van der Waals surface area (Å²) in [6.07, 6.45) is 2.23. The van der Waals surface area contributed by atoms with E-state index in [4.69, 9.17) is 4.74 Å². The van der Waals surface area contributed by atoms with Crippen molar-refractivity contribution >= 4 is 5.91 Å². The van der Waals surface area contributed by atoms with Crippen LogP contribution in [0, 0.1) is 0 Å². The predicted molar refractivity (Wildman–Crippen MR) is 99.8 cm³/mol. The van der Waals surface area contributed by atoms with Crippen molar-refractivity contribution < 1.29 is 9.53 Å². The van der Waals surface area contributed by atoms with E-state index in [0.29, 0.717) is 12.6 Å². The molecule has 0 aliphatic carbocycles. The van der Waals surface area contributed by atoms with Crippen LogP contribution in [-0.2, 0) is 6.61 Å². The topological polar surface area (TPSA) is 32.8 Å². The highest BCUT2D eigenvalue weighted by molar-refractivity contribution is 5.94. The maximum atomic E-state index is 12.7. The van der Waals surface area contributed by atoms with Crippen molar-refractivity contribution in [3.05, 3.63) is 65.7 Å². The summed E-state index contributed by atoms with van der Waals surface area (Å²) in [5, 5.41) is 0. The van der Waals surface area contributed by atoms with Gasteiger partial charge in [0, 0.05) is 24.7 Å². The molecule has 1 atom stereocenters. The lowest BCUT2D eigenvalue weighted by atomic mass is 10.0. The second-order valence-corrected chi connectivity index (χ2v) is 6.81. The van der Waals surface area contributed by atoms with Gasteiger partial charge in [0.2, 0.25) is 0 Å². The van der Waals surface area contributed by atoms with E-state index in [9.17, 15) is 4.79 Å². The number of benzene rings is 2. The molecule has 0 unspecified atom stereocenters. The van der Waals surface area contributed by atoms with E-state index in [1.807, 2.05) is 59.5 Å². The molecule has 3 rings (SSSR count). The number of piperidine rings is 1. The van der Waals surface area contributed by atoms with Crippen molar-refractivity contribution in [3.8, 4) is 5.75 Å². The fraction of sp³-hybridized carbons (Fsp3) is 0.381. The van der Waals surface area contributed by atoms with Crippen molar-refractivity contribution in [3.63, 3.8) is 0 Å². The van der Waals surface area contributed by atoms with Crippen molar-refractivity contribution in [1.29, 1.82) is 0 Å². The fourth-order valence-electron chi connectivity index (χ4n) is 3.17. The Kier molecular flexibility index (Phi) is 5.71. The predicted octanol–water partition coefficient (Wildman–Crippen LogP) is 3.43. The minimum atomic E-state index is 0.127. The van der Waals surface area contributed by atoms with Crippen LogP contribution in [0.2, 0.25) is 0 Å². The zero-order valence-electron chi connectivity index (χ0n) is 15.0. The largest absolute Gasteiger partial charge is 0.489 e. The Morgan fingerprint density at radius 1 is 1.12 bits per heavy atom. The smallest absolute Gasteiger partial charge is 0.253 e. The molecule has 0 N–H and O–H groups in total. The first-order chi connectivity index (χ1) is 12.1. The number of carbonyl (C=O) groups is 1. The van der Waals surface area contributed by atoms with E-state index in [2.05, 4.69) is 19.0 Å². The zero-order chi connectivity index (χ0) is 17.6. The monoisotopic (exact) mass is 338 g/mol. The number of para-hydroxylation sites is 1. The Morgan fingerprint density at radius 2 is 1.84 bits per heavy atom. The quantitative estimate of drug-likeness (QED) is 0.837. The summed E-state index contributed by atoms with van der Waals surface area (Å²) in [4.78, 5) is 16.9. The second-order valence-electron chi connectivity index (χ2n) is 6.81. The fourth-order valence-corrected chi connectivity index (χ4v) is 3.17. The van der Waals surface area contributed by atoms with Crippen LogP contribution in [0.25, 0.3) is 0 Å². The number of hydrogen-bond donors (Lipinski definition) is 0. The van der Waals surface area contributed by atoms with Gasteiger partial charge in [0.25, 0.3) is 5.91 Å². The van der Waals surface area contributed by atoms with Crippen molar-refractivity contribution in [1.82, 2.24) is 9.80 Å². The van der Waals surface area contributed by atoms with Crippen LogP contribution in [0.1, 0.15) is 28.8 Å². The first kappa shape index (κ1) is 17.5. The summed E-state index contributed by atoms with van der Waals surface area (Å²) < 4.78 is 5.75. The average Bonchev–Trinajstić information content (AvgIpc) is 2.67. The van der Waals surface area contributed by atoms with E-state index in [1.54, 1.807) is 0 Å². The number of amides is 1. The number of carbonyl (C=O) groups excluding carboxylic acids is 1. The van der Waals surface area contributed by atoms with Gasteiger partial charge in [-0.05, 0) is 56.8 Å². The zero-order valence-corrected chi connectivity index (χ0v) is 15.0. The minimum Gasteiger partial charge on any atom is -0.489 e. The van der Waals surface area contributed by atoms with Gasteiger partial charge in [-0.3, -0.25) is 4.79 Å². The molecular weight excluding hydrogens is 312 g/mol. The molecule has 0 radical (unpaired) electrons. The maximum absolute atomic E-state index is 12.7. The lowest BCUT2D eigenvalue weighted by Gasteiger charge is -2.36. The Bertz CT molecular complexity index is 683. The van der Waals surface area contributed by atoms with E-state index in [0.717, 1.165) is 42.8 Å². The van der Waals surface area contributed by atoms with Crippen molar-refractivity contribution in [2.24, 2.45) is 0 Å². The summed E-state index contributed by atoms with van der Waals surface area (Å²) in [5.41, 5.74) is 1.81. The first-order valence-corrected chi connectivity index (χ1v) is 8.86. The third-order valence-corrected chi connectivity index (χ3v) is 4.76. The molecular formula is C21H26N2O2. The highest BCUT2D eigenvalue weighted by Crippen LogP contribution is 2.17. The average molecular weight is 338 g/mol. The Balaban J connectivity index is 1.58. The molecule has 4 heteroatoms. The van der Waals surface area contributed by atoms with Crippen LogP contribution in [0.5, 0.6) is 5.75 Å². The summed E-state index contributed by atoms with van der Waals surface area (Å²) in [5.74, 6) is 0.979. The molecule has 0 aromatic heterocycles. The van der Waals surface area contributed by atoms with Gasteiger partial charge in [0.15, 0.2) is 0 Å². The third-order valence-electron chi connectivity index (χ3n) is 4.76. The summed E-state index contributed by atoms with van der Waals surface area (Å²) >= 11 is 0. The van der Waals surface area contributed by atoms with E-state index in [-0.39, 0.29) is 5.91 Å². The number of rotatable bonds is 5. The minimum absolute atomic E-state index is 0.127. The molecule has 1 saturated heterocycles. The number of hydrogen-bond acceptors (Lipinski definition) is 3. The highest BCUT2D eigenvalue weighted by atomic mass is 16.5. The molecule has 1 amide bonds. The lowest BCUT2D eigenvalue weighted by molar-refractivity contribution is 0.0635. The number of nitrogens with zero attached hydrogens (tertiary/aromatic N) is 2. The van der Waals surface area contributed by atoms with E-state index >= 15 is 0 Å². The maximum Gasteiger partial charge on any atom is 0.253 e. The standard InChI is InChI=1S/C21H26N2O2/c1-22(2)19-7-6-14-23(15-19)21(24)18-12-10-17(11-13-18)16-25-20-8-4-3-5-9-20/h3-5,8-13,19H,6-7,14-16H2,1-2H3/t19-/m1/s1. The Labute approximate surface area is 150 Å². The van der Waals surface area contributed by atoms with Crippen LogP contribution in [0.4, 0.5) is 0 Å². The molecule has 0 saturated carbocycles. The van der Waals surface area contributed by atoms with Crippen molar-refractivity contribution in [2.45, 2.75) is 25.5 Å². The van der Waals surface area contributed by atoms with Crippen LogP contribution in [0.15, 0.2) is 54.6 Å². The van der Waals surface area contributed by atoms with Gasteiger partial charge < -0.3 is 14.5 Å². The van der Waals surface area contributed by atoms with Gasteiger partial charge >= 0.3 is 0 Å². The van der Waals surface area contributed by atoms with Gasteiger partial charge in [-0.25, -0.2) is 0 Å². The molecule has 25 heavy (non-hydrogen) atoms. The Hall–Kier alpha value is -2.33. The number of likely N-dealkylation sites (N-methyl/N-ethyl adjacent to an activating group) is 1. The molecule has 132 valence electrons.